The smallest absolute Gasteiger partial charge is 0.257 e. The predicted molar refractivity (Wildman–Crippen MR) is 124 cm³/mol. The SMILES string of the molecule is CC(=O)Nc1ccc(NC(=O)c2cc(S(=O)(=O)N(C)C)ccc2N2CCOCC2)c(Cl)c1. The molecule has 1 heterocycles. The van der Waals surface area contributed by atoms with Gasteiger partial charge in [0.15, 0.2) is 0 Å². The summed E-state index contributed by atoms with van der Waals surface area (Å²) in [6.07, 6.45) is 0. The molecule has 1 aliphatic heterocycles. The van der Waals surface area contributed by atoms with Crippen LogP contribution in [0.2, 0.25) is 5.02 Å². The second kappa shape index (κ2) is 9.86. The highest BCUT2D eigenvalue weighted by atomic mass is 35.5. The van der Waals surface area contributed by atoms with Crippen molar-refractivity contribution in [3.8, 4) is 0 Å². The molecule has 0 atom stereocenters. The summed E-state index contributed by atoms with van der Waals surface area (Å²) in [7, 11) is -0.871. The minimum atomic E-state index is -3.73. The molecule has 32 heavy (non-hydrogen) atoms. The summed E-state index contributed by atoms with van der Waals surface area (Å²) in [6.45, 7) is 3.55. The van der Waals surface area contributed by atoms with Crippen LogP contribution in [0.1, 0.15) is 17.3 Å². The van der Waals surface area contributed by atoms with Crippen molar-refractivity contribution in [2.24, 2.45) is 0 Å². The fraction of sp³-hybridized carbons (Fsp3) is 0.333. The number of hydrogen-bond donors (Lipinski definition) is 2. The Labute approximate surface area is 192 Å². The number of amides is 2. The third kappa shape index (κ3) is 5.39. The fourth-order valence-corrected chi connectivity index (χ4v) is 4.39. The van der Waals surface area contributed by atoms with E-state index in [0.29, 0.717) is 43.4 Å². The van der Waals surface area contributed by atoms with Crippen LogP contribution in [-0.4, -0.2) is 64.9 Å². The van der Waals surface area contributed by atoms with Crippen molar-refractivity contribution in [3.63, 3.8) is 0 Å². The maximum Gasteiger partial charge on any atom is 0.257 e. The van der Waals surface area contributed by atoms with Crippen molar-refractivity contribution in [3.05, 3.63) is 47.0 Å². The standard InChI is InChI=1S/C21H25ClN4O5S/c1-14(27)23-15-4-6-19(18(22)12-15)24-21(28)17-13-16(32(29,30)25(2)3)5-7-20(17)26-8-10-31-11-9-26/h4-7,12-13H,8-11H2,1-3H3,(H,23,27)(H,24,28). The fourth-order valence-electron chi connectivity index (χ4n) is 3.24. The maximum atomic E-state index is 13.2. The zero-order chi connectivity index (χ0) is 23.5. The van der Waals surface area contributed by atoms with E-state index in [1.165, 1.54) is 39.2 Å². The van der Waals surface area contributed by atoms with Crippen molar-refractivity contribution in [2.45, 2.75) is 11.8 Å². The number of nitrogens with one attached hydrogen (secondary N) is 2. The van der Waals surface area contributed by atoms with Gasteiger partial charge in [0.25, 0.3) is 5.91 Å². The van der Waals surface area contributed by atoms with Gasteiger partial charge in [0.1, 0.15) is 0 Å². The molecule has 0 unspecified atom stereocenters. The van der Waals surface area contributed by atoms with Crippen LogP contribution in [0.4, 0.5) is 17.1 Å². The number of morpholine rings is 1. The van der Waals surface area contributed by atoms with E-state index in [-0.39, 0.29) is 21.4 Å². The molecule has 11 heteroatoms. The maximum absolute atomic E-state index is 13.2. The molecule has 0 aliphatic carbocycles. The van der Waals surface area contributed by atoms with Gasteiger partial charge < -0.3 is 20.3 Å². The molecule has 0 bridgehead atoms. The lowest BCUT2D eigenvalue weighted by atomic mass is 10.1. The molecule has 2 N–H and O–H groups in total. The Morgan fingerprint density at radius 1 is 1.06 bits per heavy atom. The third-order valence-electron chi connectivity index (χ3n) is 4.88. The molecular weight excluding hydrogens is 456 g/mol. The second-order valence-electron chi connectivity index (χ2n) is 7.40. The van der Waals surface area contributed by atoms with Crippen LogP contribution in [0.15, 0.2) is 41.3 Å². The minimum Gasteiger partial charge on any atom is -0.378 e. The second-order valence-corrected chi connectivity index (χ2v) is 9.95. The molecule has 0 aromatic heterocycles. The third-order valence-corrected chi connectivity index (χ3v) is 7.00. The van der Waals surface area contributed by atoms with Gasteiger partial charge in [-0.15, -0.1) is 0 Å². The zero-order valence-electron chi connectivity index (χ0n) is 18.0. The Morgan fingerprint density at radius 3 is 2.34 bits per heavy atom. The molecule has 1 aliphatic rings. The van der Waals surface area contributed by atoms with Crippen molar-refractivity contribution in [1.29, 1.82) is 0 Å². The molecule has 172 valence electrons. The number of sulfonamides is 1. The van der Waals surface area contributed by atoms with Crippen LogP contribution in [0, 0.1) is 0 Å². The normalized spacial score (nSPS) is 14.3. The largest absolute Gasteiger partial charge is 0.378 e. The number of halogens is 1. The number of ether oxygens (including phenoxy) is 1. The van der Waals surface area contributed by atoms with Crippen molar-refractivity contribution in [2.75, 3.05) is 55.9 Å². The predicted octanol–water partition coefficient (Wildman–Crippen LogP) is 2.64. The van der Waals surface area contributed by atoms with Crippen LogP contribution in [0.5, 0.6) is 0 Å². The highest BCUT2D eigenvalue weighted by molar-refractivity contribution is 7.89. The van der Waals surface area contributed by atoms with Gasteiger partial charge in [-0.1, -0.05) is 11.6 Å². The van der Waals surface area contributed by atoms with E-state index in [0.717, 1.165) is 4.31 Å². The number of hydrogen-bond acceptors (Lipinski definition) is 6. The summed E-state index contributed by atoms with van der Waals surface area (Å²) in [6, 6.07) is 9.20. The Morgan fingerprint density at radius 2 is 1.75 bits per heavy atom. The molecule has 2 amide bonds. The van der Waals surface area contributed by atoms with E-state index >= 15 is 0 Å². The summed E-state index contributed by atoms with van der Waals surface area (Å²) in [5, 5.41) is 5.59. The molecule has 0 spiro atoms. The van der Waals surface area contributed by atoms with E-state index < -0.39 is 15.9 Å². The van der Waals surface area contributed by atoms with Gasteiger partial charge in [-0.3, -0.25) is 9.59 Å². The van der Waals surface area contributed by atoms with Gasteiger partial charge >= 0.3 is 0 Å². The Bertz CT molecular complexity index is 1130. The summed E-state index contributed by atoms with van der Waals surface area (Å²) < 4.78 is 31.8. The van der Waals surface area contributed by atoms with Gasteiger partial charge in [0.05, 0.1) is 34.4 Å². The molecule has 2 aromatic rings. The summed E-state index contributed by atoms with van der Waals surface area (Å²) >= 11 is 6.28. The van der Waals surface area contributed by atoms with E-state index in [1.807, 2.05) is 4.90 Å². The molecule has 0 saturated carbocycles. The monoisotopic (exact) mass is 480 g/mol. The van der Waals surface area contributed by atoms with Gasteiger partial charge in [0.2, 0.25) is 15.9 Å². The first-order chi connectivity index (χ1) is 15.1. The first-order valence-corrected chi connectivity index (χ1v) is 11.7. The lowest BCUT2D eigenvalue weighted by Gasteiger charge is -2.30. The van der Waals surface area contributed by atoms with Gasteiger partial charge in [-0.05, 0) is 36.4 Å². The number of anilines is 3. The number of nitrogens with zero attached hydrogens (tertiary/aromatic N) is 2. The Kier molecular flexibility index (Phi) is 7.40. The van der Waals surface area contributed by atoms with Gasteiger partial charge in [0, 0.05) is 45.5 Å². The van der Waals surface area contributed by atoms with Gasteiger partial charge in [-0.25, -0.2) is 12.7 Å². The van der Waals surface area contributed by atoms with Crippen LogP contribution < -0.4 is 15.5 Å². The quantitative estimate of drug-likeness (QED) is 0.658. The van der Waals surface area contributed by atoms with Gasteiger partial charge in [-0.2, -0.15) is 0 Å². The lowest BCUT2D eigenvalue weighted by molar-refractivity contribution is -0.114. The first kappa shape index (κ1) is 24.0. The van der Waals surface area contributed by atoms with E-state index in [1.54, 1.807) is 18.2 Å². The molecule has 1 fully saturated rings. The Balaban J connectivity index is 1.98. The van der Waals surface area contributed by atoms with E-state index in [9.17, 15) is 18.0 Å². The van der Waals surface area contributed by atoms with Crippen LogP contribution in [0.3, 0.4) is 0 Å². The highest BCUT2D eigenvalue weighted by Crippen LogP contribution is 2.30. The molecule has 1 saturated heterocycles. The minimum absolute atomic E-state index is 0.0109. The topological polar surface area (TPSA) is 108 Å². The van der Waals surface area contributed by atoms with Crippen molar-refractivity contribution >= 4 is 50.5 Å². The number of rotatable bonds is 6. The lowest BCUT2D eigenvalue weighted by Crippen LogP contribution is -2.37. The highest BCUT2D eigenvalue weighted by Gasteiger charge is 2.24. The van der Waals surface area contributed by atoms with Crippen LogP contribution >= 0.6 is 11.6 Å². The number of benzene rings is 2. The summed E-state index contributed by atoms with van der Waals surface area (Å²) in [4.78, 5) is 26.5. The van der Waals surface area contributed by atoms with Crippen LogP contribution in [-0.2, 0) is 19.6 Å². The van der Waals surface area contributed by atoms with Crippen LogP contribution in [0.25, 0.3) is 0 Å². The first-order valence-electron chi connectivity index (χ1n) is 9.87. The Hall–Kier alpha value is -2.66. The average molecular weight is 481 g/mol. The number of carbonyl (C=O) groups excluding carboxylic acids is 2. The zero-order valence-corrected chi connectivity index (χ0v) is 19.6. The summed E-state index contributed by atoms with van der Waals surface area (Å²) in [5.41, 5.74) is 1.64. The average Bonchev–Trinajstić information content (AvgIpc) is 2.75. The number of carbonyl (C=O) groups is 2. The molecule has 0 radical (unpaired) electrons. The summed E-state index contributed by atoms with van der Waals surface area (Å²) in [5.74, 6) is -0.747. The molecule has 3 rings (SSSR count). The molecular formula is C21H25ClN4O5S. The van der Waals surface area contributed by atoms with E-state index in [2.05, 4.69) is 10.6 Å². The van der Waals surface area contributed by atoms with Crippen molar-refractivity contribution < 1.29 is 22.7 Å². The molecule has 9 nitrogen and oxygen atoms in total. The van der Waals surface area contributed by atoms with E-state index in [4.69, 9.17) is 16.3 Å². The van der Waals surface area contributed by atoms with Crippen molar-refractivity contribution in [1.82, 2.24) is 4.31 Å². The molecule has 2 aromatic carbocycles.